The lowest BCUT2D eigenvalue weighted by Gasteiger charge is -2.39. The van der Waals surface area contributed by atoms with E-state index in [0.29, 0.717) is 0 Å². The number of halogens is 2. The first kappa shape index (κ1) is 13.6. The molecule has 0 heterocycles. The molecule has 0 aromatic carbocycles. The average molecular weight is 314 g/mol. The molecule has 0 radical (unpaired) electrons. The quantitative estimate of drug-likeness (QED) is 0.437. The highest BCUT2D eigenvalue weighted by Crippen LogP contribution is 2.31. The molecular weight excluding hydrogens is 296 g/mol. The summed E-state index contributed by atoms with van der Waals surface area (Å²) >= 11 is 7.34. The van der Waals surface area contributed by atoms with Gasteiger partial charge >= 0.3 is 0 Å². The van der Waals surface area contributed by atoms with Gasteiger partial charge in [0.2, 0.25) is 0 Å². The number of likely N-dealkylation sites (N-methyl/N-ethyl adjacent to an activating group) is 2. The van der Waals surface area contributed by atoms with E-state index in [-0.39, 0.29) is 9.40 Å². The second kappa shape index (κ2) is 5.49. The molecule has 0 saturated carbocycles. The zero-order valence-corrected chi connectivity index (χ0v) is 11.9. The maximum Gasteiger partial charge on any atom is 0.0996 e. The van der Waals surface area contributed by atoms with E-state index < -0.39 is 0 Å². The smallest absolute Gasteiger partial charge is 0.0996 e. The van der Waals surface area contributed by atoms with Crippen LogP contribution in [0.1, 0.15) is 6.92 Å². The van der Waals surface area contributed by atoms with Crippen molar-refractivity contribution >= 4 is 31.9 Å². The molecular formula is C9H18Br2N2. The molecule has 2 nitrogen and oxygen atoms in total. The van der Waals surface area contributed by atoms with Crippen LogP contribution in [-0.4, -0.2) is 46.9 Å². The molecule has 0 aliphatic carbocycles. The summed E-state index contributed by atoms with van der Waals surface area (Å²) in [4.78, 5) is 4.57. The molecule has 78 valence electrons. The van der Waals surface area contributed by atoms with Crippen LogP contribution in [0, 0.1) is 0 Å². The Morgan fingerprint density at radius 3 is 2.23 bits per heavy atom. The minimum Gasteiger partial charge on any atom is -0.295 e. The van der Waals surface area contributed by atoms with Crippen LogP contribution in [0.5, 0.6) is 0 Å². The summed E-state index contributed by atoms with van der Waals surface area (Å²) in [6.07, 6.45) is 1.90. The summed E-state index contributed by atoms with van der Waals surface area (Å²) < 4.78 is -0.0926. The third kappa shape index (κ3) is 3.70. The Bertz CT molecular complexity index is 169. The van der Waals surface area contributed by atoms with E-state index in [1.54, 1.807) is 0 Å². The van der Waals surface area contributed by atoms with Crippen LogP contribution in [0.25, 0.3) is 0 Å². The lowest BCUT2D eigenvalue weighted by Crippen LogP contribution is -2.50. The van der Waals surface area contributed by atoms with E-state index in [4.69, 9.17) is 0 Å². The summed E-state index contributed by atoms with van der Waals surface area (Å²) in [5.41, 5.74) is 0. The molecule has 0 spiro atoms. The zero-order valence-electron chi connectivity index (χ0n) is 8.72. The molecule has 13 heavy (non-hydrogen) atoms. The highest BCUT2D eigenvalue weighted by Gasteiger charge is 2.34. The number of hydrogen-bond donors (Lipinski definition) is 0. The number of hydrogen-bond acceptors (Lipinski definition) is 2. The molecule has 0 aromatic rings. The van der Waals surface area contributed by atoms with Crippen molar-refractivity contribution in [1.29, 1.82) is 0 Å². The van der Waals surface area contributed by atoms with Crippen molar-refractivity contribution in [3.05, 3.63) is 12.7 Å². The van der Waals surface area contributed by atoms with Crippen molar-refractivity contribution in [2.75, 3.05) is 27.7 Å². The van der Waals surface area contributed by atoms with Gasteiger partial charge in [0.1, 0.15) is 0 Å². The first-order valence-corrected chi connectivity index (χ1v) is 5.86. The van der Waals surface area contributed by atoms with E-state index in [1.807, 2.05) is 20.2 Å². The highest BCUT2D eigenvalue weighted by molar-refractivity contribution is 9.12. The Labute approximate surface area is 98.2 Å². The van der Waals surface area contributed by atoms with Gasteiger partial charge in [-0.1, -0.05) is 37.9 Å². The van der Waals surface area contributed by atoms with Crippen molar-refractivity contribution in [2.45, 2.75) is 16.3 Å². The van der Waals surface area contributed by atoms with E-state index in [9.17, 15) is 0 Å². The third-order valence-corrected chi connectivity index (χ3v) is 5.40. The van der Waals surface area contributed by atoms with Crippen molar-refractivity contribution in [3.8, 4) is 0 Å². The van der Waals surface area contributed by atoms with Crippen LogP contribution in [0.4, 0.5) is 0 Å². The van der Waals surface area contributed by atoms with Gasteiger partial charge in [0, 0.05) is 6.54 Å². The molecule has 2 unspecified atom stereocenters. The Balaban J connectivity index is 4.43. The summed E-state index contributed by atoms with van der Waals surface area (Å²) in [6.45, 7) is 6.72. The van der Waals surface area contributed by atoms with Crippen LogP contribution in [0.3, 0.4) is 0 Å². The van der Waals surface area contributed by atoms with Crippen molar-refractivity contribution in [2.24, 2.45) is 0 Å². The van der Waals surface area contributed by atoms with E-state index in [1.165, 1.54) is 0 Å². The maximum atomic E-state index is 3.73. The normalized spacial score (nSPS) is 18.8. The molecule has 0 aromatic heterocycles. The average Bonchev–Trinajstić information content (AvgIpc) is 2.03. The maximum absolute atomic E-state index is 3.73. The monoisotopic (exact) mass is 312 g/mol. The molecule has 0 saturated heterocycles. The van der Waals surface area contributed by atoms with Crippen LogP contribution in [-0.2, 0) is 0 Å². The fourth-order valence-electron chi connectivity index (χ4n) is 1.03. The summed E-state index contributed by atoms with van der Waals surface area (Å²) in [5, 5.41) is 0. The van der Waals surface area contributed by atoms with Gasteiger partial charge in [-0.3, -0.25) is 9.80 Å². The lowest BCUT2D eigenvalue weighted by molar-refractivity contribution is 0.187. The first-order chi connectivity index (χ1) is 5.84. The Hall–Kier alpha value is 0.620. The molecule has 0 fully saturated rings. The zero-order chi connectivity index (χ0) is 10.6. The molecule has 0 aliphatic rings. The molecule has 4 heteroatoms. The van der Waals surface area contributed by atoms with E-state index in [2.05, 4.69) is 62.2 Å². The Kier molecular flexibility index (Phi) is 5.75. The second-order valence-corrected chi connectivity index (χ2v) is 5.97. The van der Waals surface area contributed by atoms with Gasteiger partial charge in [-0.25, -0.2) is 0 Å². The van der Waals surface area contributed by atoms with Crippen LogP contribution >= 0.6 is 31.9 Å². The number of alkyl halides is 2. The van der Waals surface area contributed by atoms with E-state index in [0.717, 1.165) is 6.54 Å². The van der Waals surface area contributed by atoms with Gasteiger partial charge in [0.25, 0.3) is 0 Å². The summed E-state index contributed by atoms with van der Waals surface area (Å²) in [6, 6.07) is 0. The molecule has 0 aliphatic heterocycles. The van der Waals surface area contributed by atoms with Crippen LogP contribution in [0.2, 0.25) is 0 Å². The van der Waals surface area contributed by atoms with Gasteiger partial charge in [-0.05, 0) is 28.1 Å². The topological polar surface area (TPSA) is 6.48 Å². The summed E-state index contributed by atoms with van der Waals surface area (Å²) in [5.74, 6) is 0. The molecule has 0 amide bonds. The Morgan fingerprint density at radius 1 is 1.46 bits per heavy atom. The van der Waals surface area contributed by atoms with Crippen molar-refractivity contribution < 1.29 is 0 Å². The fourth-order valence-corrected chi connectivity index (χ4v) is 1.93. The van der Waals surface area contributed by atoms with Crippen molar-refractivity contribution in [3.63, 3.8) is 0 Å². The molecule has 2 atom stereocenters. The van der Waals surface area contributed by atoms with Crippen LogP contribution in [0.15, 0.2) is 12.7 Å². The molecule has 0 N–H and O–H groups in total. The highest BCUT2D eigenvalue weighted by atomic mass is 79.9. The molecule has 0 rings (SSSR count). The third-order valence-electron chi connectivity index (χ3n) is 2.04. The predicted octanol–water partition coefficient (Wildman–Crippen LogP) is 2.50. The number of nitrogens with zero attached hydrogens (tertiary/aromatic N) is 2. The fraction of sp³-hybridized carbons (Fsp3) is 0.778. The number of rotatable bonds is 5. The first-order valence-electron chi connectivity index (χ1n) is 4.15. The molecule has 0 bridgehead atoms. The van der Waals surface area contributed by atoms with Gasteiger partial charge in [-0.15, -0.1) is 6.58 Å². The second-order valence-electron chi connectivity index (χ2n) is 3.49. The van der Waals surface area contributed by atoms with Crippen LogP contribution < -0.4 is 0 Å². The standard InChI is InChI=1S/C9H18Br2N2/c1-6-7-13(5)9(2,11)8(10)12(3)4/h6,8H,1,7H2,2-5H3. The SMILES string of the molecule is C=CCN(C)C(C)(Br)C(Br)N(C)C. The minimum absolute atomic E-state index is 0.0926. The van der Waals surface area contributed by atoms with E-state index >= 15 is 0 Å². The minimum atomic E-state index is -0.0926. The summed E-state index contributed by atoms with van der Waals surface area (Å²) in [7, 11) is 6.15. The Morgan fingerprint density at radius 2 is 1.92 bits per heavy atom. The van der Waals surface area contributed by atoms with Gasteiger partial charge < -0.3 is 0 Å². The largest absolute Gasteiger partial charge is 0.295 e. The van der Waals surface area contributed by atoms with Gasteiger partial charge in [-0.2, -0.15) is 0 Å². The van der Waals surface area contributed by atoms with Crippen molar-refractivity contribution in [1.82, 2.24) is 9.80 Å². The lowest BCUT2D eigenvalue weighted by atomic mass is 10.3. The van der Waals surface area contributed by atoms with Gasteiger partial charge in [0.15, 0.2) is 0 Å². The predicted molar refractivity (Wildman–Crippen MR) is 66.6 cm³/mol. The van der Waals surface area contributed by atoms with Gasteiger partial charge in [0.05, 0.1) is 9.40 Å².